The number of nitrogens with two attached hydrogens (primary N) is 1. The number of carbonyl (C=O) groups is 4. The first-order valence-electron chi connectivity index (χ1n) is 13.9. The predicted molar refractivity (Wildman–Crippen MR) is 151 cm³/mol. The van der Waals surface area contributed by atoms with Crippen LogP contribution in [0.5, 0.6) is 0 Å². The maximum atomic E-state index is 11.7. The number of urea groups is 2. The number of thioether (sulfide) groups is 2. The first kappa shape index (κ1) is 30.7. The summed E-state index contributed by atoms with van der Waals surface area (Å²) in [5.41, 5.74) is 5.43. The monoisotopic (exact) mass is 572 g/mol. The molecule has 4 saturated heterocycles. The van der Waals surface area contributed by atoms with E-state index < -0.39 is 5.97 Å². The quantitative estimate of drug-likeness (QED) is 0.115. The van der Waals surface area contributed by atoms with Crippen molar-refractivity contribution < 1.29 is 24.3 Å². The fourth-order valence-electron chi connectivity index (χ4n) is 5.30. The molecule has 0 bridgehead atoms. The third kappa shape index (κ3) is 10.0. The molecule has 6 atom stereocenters. The van der Waals surface area contributed by atoms with E-state index in [0.29, 0.717) is 23.0 Å². The second kappa shape index (κ2) is 16.3. The highest BCUT2D eigenvalue weighted by molar-refractivity contribution is 8.00. The van der Waals surface area contributed by atoms with Gasteiger partial charge in [0.15, 0.2) is 0 Å². The van der Waals surface area contributed by atoms with E-state index in [1.165, 1.54) is 0 Å². The maximum Gasteiger partial charge on any atom is 0.315 e. The highest BCUT2D eigenvalue weighted by Crippen LogP contribution is 2.34. The summed E-state index contributed by atoms with van der Waals surface area (Å²) in [6, 6.07) is 0.970. The van der Waals surface area contributed by atoms with Gasteiger partial charge >= 0.3 is 18.0 Å². The molecule has 38 heavy (non-hydrogen) atoms. The molecule has 0 aliphatic carbocycles. The van der Waals surface area contributed by atoms with Crippen molar-refractivity contribution in [2.45, 2.75) is 105 Å². The minimum Gasteiger partial charge on any atom is -0.481 e. The molecule has 0 aromatic rings. The van der Waals surface area contributed by atoms with Gasteiger partial charge in [0.2, 0.25) is 5.91 Å². The molecule has 0 aromatic carbocycles. The molecule has 4 heterocycles. The van der Waals surface area contributed by atoms with Crippen LogP contribution in [0, 0.1) is 0 Å². The molecule has 0 saturated carbocycles. The SMILES string of the molecule is NCCCCCNC(=O)CCCC[C@@H]1SC[C@@H]2NC(=O)N[C@@H]21.O=C(O)CCCC[C@@H]1SC[C@@H]2NC(=O)N[C@@H]21. The Labute approximate surface area is 233 Å². The molecule has 4 aliphatic heterocycles. The Bertz CT molecular complexity index is 806. The Balaban J connectivity index is 0.000000221. The summed E-state index contributed by atoms with van der Waals surface area (Å²) in [7, 11) is 0. The third-order valence-corrected chi connectivity index (χ3v) is 10.4. The van der Waals surface area contributed by atoms with Gasteiger partial charge in [0.25, 0.3) is 0 Å². The van der Waals surface area contributed by atoms with Crippen LogP contribution in [0.25, 0.3) is 0 Å². The van der Waals surface area contributed by atoms with Gasteiger partial charge in [-0.15, -0.1) is 0 Å². The number of unbranched alkanes of at least 4 members (excludes halogenated alkanes) is 4. The number of amides is 5. The second-order valence-corrected chi connectivity index (χ2v) is 12.9. The van der Waals surface area contributed by atoms with Gasteiger partial charge in [-0.1, -0.05) is 19.3 Å². The van der Waals surface area contributed by atoms with Crippen molar-refractivity contribution in [1.29, 1.82) is 0 Å². The van der Waals surface area contributed by atoms with Gasteiger partial charge < -0.3 is 37.4 Å². The fourth-order valence-corrected chi connectivity index (χ4v) is 8.39. The van der Waals surface area contributed by atoms with Crippen LogP contribution < -0.4 is 32.3 Å². The molecule has 216 valence electrons. The summed E-state index contributed by atoms with van der Waals surface area (Å²) in [5, 5.41) is 24.2. The molecule has 5 amide bonds. The molecule has 11 nitrogen and oxygen atoms in total. The van der Waals surface area contributed by atoms with Crippen LogP contribution in [0.4, 0.5) is 9.59 Å². The van der Waals surface area contributed by atoms with E-state index in [4.69, 9.17) is 10.8 Å². The van der Waals surface area contributed by atoms with E-state index in [1.807, 2.05) is 23.5 Å². The molecule has 4 aliphatic rings. The van der Waals surface area contributed by atoms with E-state index in [-0.39, 0.29) is 42.5 Å². The Morgan fingerprint density at radius 3 is 1.87 bits per heavy atom. The summed E-state index contributed by atoms with van der Waals surface area (Å²) in [6.45, 7) is 1.49. The number of carbonyl (C=O) groups excluding carboxylic acids is 3. The average Bonchev–Trinajstić information content (AvgIpc) is 3.62. The van der Waals surface area contributed by atoms with Crippen molar-refractivity contribution in [3.8, 4) is 0 Å². The average molecular weight is 573 g/mol. The predicted octanol–water partition coefficient (Wildman–Crippen LogP) is 1.75. The third-order valence-electron chi connectivity index (χ3n) is 7.35. The number of rotatable bonds is 15. The highest BCUT2D eigenvalue weighted by Gasteiger charge is 2.43. The zero-order valence-electron chi connectivity index (χ0n) is 22.0. The fraction of sp³-hybridized carbons (Fsp3) is 0.840. The largest absolute Gasteiger partial charge is 0.481 e. The van der Waals surface area contributed by atoms with Crippen molar-refractivity contribution >= 4 is 47.5 Å². The molecule has 4 fully saturated rings. The smallest absolute Gasteiger partial charge is 0.315 e. The lowest BCUT2D eigenvalue weighted by atomic mass is 10.0. The zero-order valence-corrected chi connectivity index (χ0v) is 23.7. The minimum atomic E-state index is -0.729. The van der Waals surface area contributed by atoms with Crippen molar-refractivity contribution in [2.75, 3.05) is 24.6 Å². The summed E-state index contributed by atoms with van der Waals surface area (Å²) in [6.07, 6.45) is 9.63. The van der Waals surface area contributed by atoms with E-state index >= 15 is 0 Å². The summed E-state index contributed by atoms with van der Waals surface area (Å²) in [4.78, 5) is 44.4. The Morgan fingerprint density at radius 1 is 0.789 bits per heavy atom. The van der Waals surface area contributed by atoms with Crippen LogP contribution in [0.2, 0.25) is 0 Å². The number of carboxylic acids is 1. The van der Waals surface area contributed by atoms with Gasteiger partial charge in [-0.25, -0.2) is 9.59 Å². The van der Waals surface area contributed by atoms with Crippen LogP contribution >= 0.6 is 23.5 Å². The molecular weight excluding hydrogens is 528 g/mol. The summed E-state index contributed by atoms with van der Waals surface area (Å²) < 4.78 is 0. The van der Waals surface area contributed by atoms with Crippen molar-refractivity contribution in [3.63, 3.8) is 0 Å². The Morgan fingerprint density at radius 2 is 1.34 bits per heavy atom. The van der Waals surface area contributed by atoms with E-state index in [0.717, 1.165) is 82.4 Å². The maximum absolute atomic E-state index is 11.7. The van der Waals surface area contributed by atoms with Gasteiger partial charge in [0.05, 0.1) is 24.2 Å². The minimum absolute atomic E-state index is 0.0330. The second-order valence-electron chi connectivity index (χ2n) is 10.3. The number of carboxylic acid groups (broad SMARTS) is 1. The molecule has 8 N–H and O–H groups in total. The number of fused-ring (bicyclic) bond motifs is 2. The van der Waals surface area contributed by atoms with Crippen LogP contribution in [0.15, 0.2) is 0 Å². The Hall–Kier alpha value is -1.86. The van der Waals surface area contributed by atoms with Crippen LogP contribution in [0.1, 0.15) is 70.6 Å². The van der Waals surface area contributed by atoms with Crippen LogP contribution in [-0.2, 0) is 9.59 Å². The first-order valence-corrected chi connectivity index (χ1v) is 16.0. The Kier molecular flexibility index (Phi) is 13.2. The normalized spacial score (nSPS) is 28.8. The lowest BCUT2D eigenvalue weighted by molar-refractivity contribution is -0.137. The molecule has 0 aromatic heterocycles. The lowest BCUT2D eigenvalue weighted by Gasteiger charge is -2.16. The number of hydrogen-bond donors (Lipinski definition) is 7. The molecule has 13 heteroatoms. The van der Waals surface area contributed by atoms with Gasteiger partial charge in [-0.2, -0.15) is 23.5 Å². The van der Waals surface area contributed by atoms with Crippen LogP contribution in [0.3, 0.4) is 0 Å². The van der Waals surface area contributed by atoms with Crippen LogP contribution in [-0.4, -0.2) is 88.3 Å². The molecule has 0 spiro atoms. The molecule has 0 radical (unpaired) electrons. The number of nitrogens with one attached hydrogen (secondary N) is 5. The zero-order chi connectivity index (χ0) is 27.3. The van der Waals surface area contributed by atoms with Crippen molar-refractivity contribution in [3.05, 3.63) is 0 Å². The molecule has 4 rings (SSSR count). The van der Waals surface area contributed by atoms with Gasteiger partial charge in [-0.05, 0) is 45.1 Å². The number of hydrogen-bond acceptors (Lipinski definition) is 7. The van der Waals surface area contributed by atoms with Gasteiger partial charge in [-0.3, -0.25) is 9.59 Å². The summed E-state index contributed by atoms with van der Waals surface area (Å²) >= 11 is 3.80. The number of aliphatic carboxylic acids is 1. The van der Waals surface area contributed by atoms with E-state index in [2.05, 4.69) is 26.6 Å². The van der Waals surface area contributed by atoms with Gasteiger partial charge in [0.1, 0.15) is 0 Å². The lowest BCUT2D eigenvalue weighted by Crippen LogP contribution is -2.36. The highest BCUT2D eigenvalue weighted by atomic mass is 32.2. The van der Waals surface area contributed by atoms with Crippen molar-refractivity contribution in [2.24, 2.45) is 5.73 Å². The standard InChI is InChI=1S/C15H28N4O2S.C10H16N2O3S/c16-8-4-1-5-9-17-13(20)7-3-2-6-12-14-11(10-22-12)18-15(21)19-14;13-8(14)4-2-1-3-7-9-6(5-16-7)11-10(15)12-9/h11-12,14H,1-10,16H2,(H,17,20)(H2,18,19,21);6-7,9H,1-5H2,(H,13,14)(H2,11,12,15)/t11-,12-,14-;6-,7-,9-/m00/s1. The summed E-state index contributed by atoms with van der Waals surface area (Å²) in [5.74, 6) is 1.39. The molecule has 0 unspecified atom stereocenters. The topological polar surface area (TPSA) is 175 Å². The molecular formula is C25H44N6O5S2. The van der Waals surface area contributed by atoms with Gasteiger partial charge in [0, 0.05) is 41.4 Å². The van der Waals surface area contributed by atoms with E-state index in [9.17, 15) is 19.2 Å². The van der Waals surface area contributed by atoms with E-state index in [1.54, 1.807) is 0 Å². The van der Waals surface area contributed by atoms with Crippen molar-refractivity contribution in [1.82, 2.24) is 26.6 Å². The first-order chi connectivity index (χ1) is 18.4.